The van der Waals surface area contributed by atoms with Crippen molar-refractivity contribution in [2.75, 3.05) is 17.7 Å². The number of aromatic amines is 1. The number of aliphatic imine (C=N–C) groups is 1. The summed E-state index contributed by atoms with van der Waals surface area (Å²) in [6.45, 7) is 2.35. The molecule has 4 heterocycles. The number of nitrogens with two attached hydrogens (primary N) is 1. The van der Waals surface area contributed by atoms with Crippen LogP contribution in [0.15, 0.2) is 16.6 Å². The molecule has 2 aromatic rings. The maximum absolute atomic E-state index is 13.4. The Morgan fingerprint density at radius 1 is 1.55 bits per heavy atom. The number of thiazole rings is 1. The monoisotopic (exact) mass is 462 g/mol. The van der Waals surface area contributed by atoms with E-state index >= 15 is 0 Å². The predicted octanol–water partition coefficient (Wildman–Crippen LogP) is 3.09. The van der Waals surface area contributed by atoms with Crippen LogP contribution in [-0.2, 0) is 15.7 Å². The molecular formula is C16H17ClF2N6O2S2. The van der Waals surface area contributed by atoms with Crippen LogP contribution in [0.3, 0.4) is 0 Å². The topological polar surface area (TPSA) is 118 Å². The molecule has 1 amide bonds. The highest BCUT2D eigenvalue weighted by Crippen LogP contribution is 2.47. The number of hydrogen-bond donors (Lipinski definition) is 3. The number of amides is 1. The molecule has 4 rings (SSSR count). The first-order valence-corrected chi connectivity index (χ1v) is 10.9. The van der Waals surface area contributed by atoms with Crippen molar-refractivity contribution in [2.24, 2.45) is 16.6 Å². The summed E-state index contributed by atoms with van der Waals surface area (Å²) in [5.74, 6) is 0.381. The molecule has 2 aliphatic heterocycles. The first-order valence-electron chi connectivity index (χ1n) is 8.66. The van der Waals surface area contributed by atoms with Gasteiger partial charge in [0.15, 0.2) is 5.17 Å². The molecule has 0 aromatic carbocycles. The first kappa shape index (κ1) is 20.5. The SMILES string of the molecule is C[C@H]1C[C@H]2CSC(N)=N[C@@]2(c2nc(NC(=O)c3[nH]ncc3C(F)(F)Cl)cs2)CO1. The van der Waals surface area contributed by atoms with Gasteiger partial charge in [-0.2, -0.15) is 13.9 Å². The van der Waals surface area contributed by atoms with Crippen LogP contribution in [0.25, 0.3) is 0 Å². The molecule has 0 aliphatic carbocycles. The highest BCUT2D eigenvalue weighted by atomic mass is 35.5. The fourth-order valence-corrected chi connectivity index (χ4v) is 5.58. The van der Waals surface area contributed by atoms with Crippen molar-refractivity contribution < 1.29 is 18.3 Å². The number of hydrogen-bond acceptors (Lipinski definition) is 8. The summed E-state index contributed by atoms with van der Waals surface area (Å²) in [6.07, 6.45) is 1.74. The van der Waals surface area contributed by atoms with Gasteiger partial charge in [0.05, 0.1) is 24.5 Å². The van der Waals surface area contributed by atoms with Crippen LogP contribution >= 0.6 is 34.7 Å². The van der Waals surface area contributed by atoms with Gasteiger partial charge < -0.3 is 15.8 Å². The second-order valence-corrected chi connectivity index (χ2v) is 9.26. The standard InChI is InChI=1S/C16H17ClF2N6O2S2/c1-7-2-8-4-29-14(20)24-15(8,6-27-7)13-23-10(5-28-13)22-12(26)11-9(3-21-25-11)16(17,18)19/h3,5,7-8H,2,4,6H2,1H3,(H2,20,24)(H,21,25)(H,22,26)/t7-,8-,15-/m0/s1. The second kappa shape index (κ2) is 7.49. The van der Waals surface area contributed by atoms with E-state index in [2.05, 4.69) is 25.5 Å². The van der Waals surface area contributed by atoms with Crippen LogP contribution in [0, 0.1) is 5.92 Å². The van der Waals surface area contributed by atoms with Crippen LogP contribution in [-0.4, -0.2) is 44.7 Å². The normalized spacial score (nSPS) is 27.2. The zero-order valence-corrected chi connectivity index (χ0v) is 17.5. The van der Waals surface area contributed by atoms with E-state index in [-0.39, 0.29) is 17.8 Å². The summed E-state index contributed by atoms with van der Waals surface area (Å²) in [6, 6.07) is 0. The molecule has 3 atom stereocenters. The minimum absolute atomic E-state index is 0.110. The molecule has 0 saturated carbocycles. The molecule has 29 heavy (non-hydrogen) atoms. The average molecular weight is 463 g/mol. The third-order valence-corrected chi connectivity index (χ3v) is 7.08. The Morgan fingerprint density at radius 3 is 3.10 bits per heavy atom. The van der Waals surface area contributed by atoms with Crippen molar-refractivity contribution in [2.45, 2.75) is 30.4 Å². The molecule has 2 aromatic heterocycles. The van der Waals surface area contributed by atoms with Gasteiger partial charge >= 0.3 is 5.38 Å². The van der Waals surface area contributed by atoms with Gasteiger partial charge in [-0.15, -0.1) is 11.3 Å². The largest absolute Gasteiger partial charge is 0.379 e. The van der Waals surface area contributed by atoms with Crippen molar-refractivity contribution in [3.63, 3.8) is 0 Å². The van der Waals surface area contributed by atoms with Crippen LogP contribution in [0.2, 0.25) is 0 Å². The molecule has 13 heteroatoms. The summed E-state index contributed by atoms with van der Waals surface area (Å²) in [7, 11) is 0. The Morgan fingerprint density at radius 2 is 2.34 bits per heavy atom. The lowest BCUT2D eigenvalue weighted by Crippen LogP contribution is -2.49. The average Bonchev–Trinajstić information content (AvgIpc) is 3.31. The number of carbonyl (C=O) groups is 1. The van der Waals surface area contributed by atoms with E-state index in [9.17, 15) is 13.6 Å². The Balaban J connectivity index is 1.59. The van der Waals surface area contributed by atoms with Gasteiger partial charge in [0.2, 0.25) is 0 Å². The molecule has 0 unspecified atom stereocenters. The van der Waals surface area contributed by atoms with Gasteiger partial charge in [-0.3, -0.25) is 9.89 Å². The molecule has 0 radical (unpaired) electrons. The molecule has 4 N–H and O–H groups in total. The lowest BCUT2D eigenvalue weighted by molar-refractivity contribution is -0.0466. The highest BCUT2D eigenvalue weighted by molar-refractivity contribution is 8.13. The van der Waals surface area contributed by atoms with E-state index in [1.807, 2.05) is 6.92 Å². The minimum atomic E-state index is -3.72. The Labute approximate surface area is 177 Å². The lowest BCUT2D eigenvalue weighted by atomic mass is 9.80. The van der Waals surface area contributed by atoms with E-state index in [1.165, 1.54) is 23.1 Å². The first-order chi connectivity index (χ1) is 13.7. The summed E-state index contributed by atoms with van der Waals surface area (Å²) < 4.78 is 32.7. The summed E-state index contributed by atoms with van der Waals surface area (Å²) in [5.41, 5.74) is 4.13. The number of ether oxygens (including phenoxy) is 1. The summed E-state index contributed by atoms with van der Waals surface area (Å²) in [4.78, 5) is 21.6. The number of H-pyrrole nitrogens is 1. The van der Waals surface area contributed by atoms with Crippen LogP contribution < -0.4 is 11.1 Å². The van der Waals surface area contributed by atoms with Crippen LogP contribution in [0.4, 0.5) is 14.6 Å². The van der Waals surface area contributed by atoms with Gasteiger partial charge in [-0.25, -0.2) is 9.98 Å². The van der Waals surface area contributed by atoms with Gasteiger partial charge in [0, 0.05) is 17.1 Å². The van der Waals surface area contributed by atoms with Gasteiger partial charge in [0.25, 0.3) is 5.91 Å². The maximum atomic E-state index is 13.4. The number of alkyl halides is 3. The van der Waals surface area contributed by atoms with Crippen molar-refractivity contribution in [1.82, 2.24) is 15.2 Å². The highest BCUT2D eigenvalue weighted by Gasteiger charge is 2.49. The van der Waals surface area contributed by atoms with E-state index in [0.29, 0.717) is 16.8 Å². The molecule has 0 spiro atoms. The molecule has 2 aliphatic rings. The molecule has 1 saturated heterocycles. The van der Waals surface area contributed by atoms with Crippen LogP contribution in [0.1, 0.15) is 34.4 Å². The summed E-state index contributed by atoms with van der Waals surface area (Å²) in [5, 5.41) is 7.25. The number of anilines is 1. The number of amidine groups is 1. The fourth-order valence-electron chi connectivity index (χ4n) is 3.46. The van der Waals surface area contributed by atoms with Crippen molar-refractivity contribution in [3.05, 3.63) is 27.8 Å². The third kappa shape index (κ3) is 3.86. The predicted molar refractivity (Wildman–Crippen MR) is 108 cm³/mol. The zero-order chi connectivity index (χ0) is 20.8. The van der Waals surface area contributed by atoms with Crippen LogP contribution in [0.5, 0.6) is 0 Å². The van der Waals surface area contributed by atoms with E-state index in [4.69, 9.17) is 22.1 Å². The third-order valence-electron chi connectivity index (χ3n) is 4.91. The van der Waals surface area contributed by atoms with Gasteiger partial charge in [-0.1, -0.05) is 11.8 Å². The van der Waals surface area contributed by atoms with Crippen molar-refractivity contribution in [3.8, 4) is 0 Å². The summed E-state index contributed by atoms with van der Waals surface area (Å²) >= 11 is 7.84. The Kier molecular flexibility index (Phi) is 5.30. The van der Waals surface area contributed by atoms with E-state index in [0.717, 1.165) is 18.4 Å². The number of fused-ring (bicyclic) bond motifs is 1. The Bertz CT molecular complexity index is 961. The minimum Gasteiger partial charge on any atom is -0.379 e. The number of nitrogens with one attached hydrogen (secondary N) is 2. The molecule has 0 bridgehead atoms. The number of nitrogens with zero attached hydrogens (tertiary/aromatic N) is 3. The smallest absolute Gasteiger partial charge is 0.352 e. The quantitative estimate of drug-likeness (QED) is 0.601. The molecule has 156 valence electrons. The number of thioether (sulfide) groups is 1. The molecular weight excluding hydrogens is 446 g/mol. The van der Waals surface area contributed by atoms with E-state index in [1.54, 1.807) is 5.38 Å². The fraction of sp³-hybridized carbons (Fsp3) is 0.500. The second-order valence-electron chi connectivity index (χ2n) is 6.89. The number of halogens is 3. The van der Waals surface area contributed by atoms with Gasteiger partial charge in [0.1, 0.15) is 22.1 Å². The number of aromatic nitrogens is 3. The van der Waals surface area contributed by atoms with Crippen molar-refractivity contribution in [1.29, 1.82) is 0 Å². The number of carbonyl (C=O) groups excluding carboxylic acids is 1. The Hall–Kier alpha value is -1.76. The molecule has 8 nitrogen and oxygen atoms in total. The zero-order valence-electron chi connectivity index (χ0n) is 15.1. The van der Waals surface area contributed by atoms with E-state index < -0.39 is 28.1 Å². The molecule has 1 fully saturated rings. The lowest BCUT2D eigenvalue weighted by Gasteiger charge is -2.44. The van der Waals surface area contributed by atoms with Crippen molar-refractivity contribution >= 4 is 51.6 Å². The number of rotatable bonds is 4. The van der Waals surface area contributed by atoms with Gasteiger partial charge in [-0.05, 0) is 24.9 Å². The maximum Gasteiger partial charge on any atom is 0.352 e.